The van der Waals surface area contributed by atoms with Crippen molar-refractivity contribution in [3.8, 4) is 5.75 Å². The predicted molar refractivity (Wildman–Crippen MR) is 77.5 cm³/mol. The molecule has 0 bridgehead atoms. The molecule has 1 heterocycles. The van der Waals surface area contributed by atoms with Gasteiger partial charge in [0, 0.05) is 25.8 Å². The summed E-state index contributed by atoms with van der Waals surface area (Å²) in [7, 11) is 1.48. The van der Waals surface area contributed by atoms with Gasteiger partial charge in [0.1, 0.15) is 0 Å². The zero-order valence-electron chi connectivity index (χ0n) is 12.5. The second kappa shape index (κ2) is 6.55. The maximum absolute atomic E-state index is 13.7. The highest BCUT2D eigenvalue weighted by Gasteiger charge is 2.27. The zero-order chi connectivity index (χ0) is 14.6. The first-order valence-electron chi connectivity index (χ1n) is 7.19. The van der Waals surface area contributed by atoms with Gasteiger partial charge in [-0.05, 0) is 42.9 Å². The minimum Gasteiger partial charge on any atom is -0.494 e. The van der Waals surface area contributed by atoms with Crippen molar-refractivity contribution in [1.29, 1.82) is 0 Å². The van der Waals surface area contributed by atoms with Crippen molar-refractivity contribution >= 4 is 0 Å². The molecule has 112 valence electrons. The Morgan fingerprint density at radius 1 is 1.40 bits per heavy atom. The average Bonchev–Trinajstić information content (AvgIpc) is 2.45. The smallest absolute Gasteiger partial charge is 0.165 e. The fourth-order valence-corrected chi connectivity index (χ4v) is 2.51. The Hall–Kier alpha value is -1.13. The van der Waals surface area contributed by atoms with Gasteiger partial charge in [-0.1, -0.05) is 13.0 Å². The summed E-state index contributed by atoms with van der Waals surface area (Å²) in [4.78, 5) is 0. The summed E-state index contributed by atoms with van der Waals surface area (Å²) in [6, 6.07) is 5.25. The molecule has 1 fully saturated rings. The highest BCUT2D eigenvalue weighted by Crippen LogP contribution is 2.30. The number of ether oxygens (including phenoxy) is 2. The van der Waals surface area contributed by atoms with Crippen LogP contribution in [0.2, 0.25) is 0 Å². The second-order valence-electron chi connectivity index (χ2n) is 5.92. The fourth-order valence-electron chi connectivity index (χ4n) is 2.51. The standard InChI is InChI=1S/C16H24FNO2/c1-12(13-4-5-15(19-3)14(17)10-13)18-11-16(2)6-8-20-9-7-16/h4-5,10,12,18H,6-9,11H2,1-3H3. The molecule has 1 atom stereocenters. The monoisotopic (exact) mass is 281 g/mol. The quantitative estimate of drug-likeness (QED) is 0.898. The zero-order valence-corrected chi connectivity index (χ0v) is 12.5. The van der Waals surface area contributed by atoms with Crippen LogP contribution >= 0.6 is 0 Å². The molecule has 1 N–H and O–H groups in total. The lowest BCUT2D eigenvalue weighted by Crippen LogP contribution is -2.37. The molecule has 0 spiro atoms. The maximum atomic E-state index is 13.7. The second-order valence-corrected chi connectivity index (χ2v) is 5.92. The molecule has 0 aromatic heterocycles. The van der Waals surface area contributed by atoms with Crippen molar-refractivity contribution in [1.82, 2.24) is 5.32 Å². The normalized spacial score (nSPS) is 19.6. The van der Waals surface area contributed by atoms with E-state index >= 15 is 0 Å². The lowest BCUT2D eigenvalue weighted by Gasteiger charge is -2.34. The Morgan fingerprint density at radius 2 is 2.10 bits per heavy atom. The van der Waals surface area contributed by atoms with Crippen LogP contribution in [0.3, 0.4) is 0 Å². The molecule has 1 unspecified atom stereocenters. The van der Waals surface area contributed by atoms with Crippen molar-refractivity contribution in [2.24, 2.45) is 5.41 Å². The minimum absolute atomic E-state index is 0.120. The largest absolute Gasteiger partial charge is 0.494 e. The molecule has 0 saturated carbocycles. The van der Waals surface area contributed by atoms with Gasteiger partial charge in [-0.15, -0.1) is 0 Å². The number of hydrogen-bond donors (Lipinski definition) is 1. The number of hydrogen-bond acceptors (Lipinski definition) is 3. The molecule has 1 aliphatic heterocycles. The Bertz CT molecular complexity index is 444. The number of nitrogens with one attached hydrogen (secondary N) is 1. The molecule has 0 amide bonds. The van der Waals surface area contributed by atoms with Crippen molar-refractivity contribution in [2.75, 3.05) is 26.9 Å². The molecular weight excluding hydrogens is 257 g/mol. The third kappa shape index (κ3) is 3.70. The lowest BCUT2D eigenvalue weighted by atomic mass is 9.82. The SMILES string of the molecule is COc1ccc(C(C)NCC2(C)CCOCC2)cc1F. The van der Waals surface area contributed by atoms with Crippen LogP contribution in [-0.4, -0.2) is 26.9 Å². The highest BCUT2D eigenvalue weighted by molar-refractivity contribution is 5.30. The van der Waals surface area contributed by atoms with E-state index in [1.54, 1.807) is 12.1 Å². The van der Waals surface area contributed by atoms with E-state index in [9.17, 15) is 4.39 Å². The van der Waals surface area contributed by atoms with Crippen molar-refractivity contribution in [2.45, 2.75) is 32.7 Å². The molecule has 1 aromatic carbocycles. The van der Waals surface area contributed by atoms with Crippen molar-refractivity contribution in [3.63, 3.8) is 0 Å². The van der Waals surface area contributed by atoms with Gasteiger partial charge in [0.2, 0.25) is 0 Å². The van der Waals surface area contributed by atoms with E-state index in [1.165, 1.54) is 7.11 Å². The average molecular weight is 281 g/mol. The Morgan fingerprint density at radius 3 is 2.70 bits per heavy atom. The van der Waals surface area contributed by atoms with Crippen LogP contribution in [0.25, 0.3) is 0 Å². The first-order valence-corrected chi connectivity index (χ1v) is 7.19. The molecule has 20 heavy (non-hydrogen) atoms. The summed E-state index contributed by atoms with van der Waals surface area (Å²) in [5.41, 5.74) is 1.22. The molecule has 2 rings (SSSR count). The van der Waals surface area contributed by atoms with E-state index in [-0.39, 0.29) is 23.0 Å². The first-order chi connectivity index (χ1) is 9.54. The third-order valence-electron chi connectivity index (χ3n) is 4.21. The third-order valence-corrected chi connectivity index (χ3v) is 4.21. The van der Waals surface area contributed by atoms with Crippen LogP contribution in [0.5, 0.6) is 5.75 Å². The summed E-state index contributed by atoms with van der Waals surface area (Å²) in [6.45, 7) is 6.94. The molecule has 1 aliphatic rings. The van der Waals surface area contributed by atoms with E-state index in [0.717, 1.165) is 38.2 Å². The lowest BCUT2D eigenvalue weighted by molar-refractivity contribution is 0.0231. The Balaban J connectivity index is 1.94. The van der Waals surface area contributed by atoms with Crippen LogP contribution in [0.1, 0.15) is 38.3 Å². The summed E-state index contributed by atoms with van der Waals surface area (Å²) in [6.07, 6.45) is 2.15. The molecule has 4 heteroatoms. The fraction of sp³-hybridized carbons (Fsp3) is 0.625. The molecule has 1 aromatic rings. The predicted octanol–water partition coefficient (Wildman–Crippen LogP) is 3.30. The summed E-state index contributed by atoms with van der Waals surface area (Å²) < 4.78 is 24.1. The molecule has 1 saturated heterocycles. The first kappa shape index (κ1) is 15.3. The molecule has 3 nitrogen and oxygen atoms in total. The highest BCUT2D eigenvalue weighted by atomic mass is 19.1. The van der Waals surface area contributed by atoms with Crippen LogP contribution in [0.15, 0.2) is 18.2 Å². The van der Waals surface area contributed by atoms with Crippen LogP contribution in [0.4, 0.5) is 4.39 Å². The van der Waals surface area contributed by atoms with E-state index in [0.29, 0.717) is 0 Å². The van der Waals surface area contributed by atoms with E-state index in [1.807, 2.05) is 6.07 Å². The van der Waals surface area contributed by atoms with Crippen LogP contribution in [0, 0.1) is 11.2 Å². The summed E-state index contributed by atoms with van der Waals surface area (Å²) in [5.74, 6) is -0.0201. The minimum atomic E-state index is -0.309. The Kier molecular flexibility index (Phi) is 5.00. The van der Waals surface area contributed by atoms with E-state index in [4.69, 9.17) is 9.47 Å². The Labute approximate surface area is 120 Å². The van der Waals surface area contributed by atoms with Gasteiger partial charge in [-0.2, -0.15) is 0 Å². The van der Waals surface area contributed by atoms with E-state index < -0.39 is 0 Å². The van der Waals surface area contributed by atoms with Gasteiger partial charge < -0.3 is 14.8 Å². The van der Waals surface area contributed by atoms with E-state index in [2.05, 4.69) is 19.2 Å². The van der Waals surface area contributed by atoms with Gasteiger partial charge >= 0.3 is 0 Å². The van der Waals surface area contributed by atoms with Gasteiger partial charge in [0.05, 0.1) is 7.11 Å². The van der Waals surface area contributed by atoms with Gasteiger partial charge in [0.15, 0.2) is 11.6 Å². The van der Waals surface area contributed by atoms with Crippen LogP contribution < -0.4 is 10.1 Å². The molecule has 0 aliphatic carbocycles. The number of methoxy groups -OCH3 is 1. The topological polar surface area (TPSA) is 30.5 Å². The summed E-state index contributed by atoms with van der Waals surface area (Å²) in [5, 5.41) is 3.51. The number of benzene rings is 1. The molecular formula is C16H24FNO2. The van der Waals surface area contributed by atoms with Crippen molar-refractivity contribution in [3.05, 3.63) is 29.6 Å². The van der Waals surface area contributed by atoms with Gasteiger partial charge in [0.25, 0.3) is 0 Å². The summed E-state index contributed by atoms with van der Waals surface area (Å²) >= 11 is 0. The maximum Gasteiger partial charge on any atom is 0.165 e. The number of rotatable bonds is 5. The number of halogens is 1. The van der Waals surface area contributed by atoms with Gasteiger partial charge in [-0.3, -0.25) is 0 Å². The van der Waals surface area contributed by atoms with Crippen molar-refractivity contribution < 1.29 is 13.9 Å². The van der Waals surface area contributed by atoms with Crippen LogP contribution in [-0.2, 0) is 4.74 Å². The van der Waals surface area contributed by atoms with Gasteiger partial charge in [-0.25, -0.2) is 4.39 Å². The molecule has 0 radical (unpaired) electrons.